The Morgan fingerprint density at radius 1 is 1.37 bits per heavy atom. The first-order chi connectivity index (χ1) is 12.7. The van der Waals surface area contributed by atoms with Crippen molar-refractivity contribution in [3.63, 3.8) is 0 Å². The highest BCUT2D eigenvalue weighted by Crippen LogP contribution is 2.24. The van der Waals surface area contributed by atoms with Crippen LogP contribution in [0.3, 0.4) is 0 Å². The molecule has 1 aliphatic rings. The number of aromatic nitrogens is 3. The SMILES string of the molecule is Cn1c(C[C@@H]2CCS(=O)(=O)C2)nnc1SCC(=O)Nc1ccc(F)cc1F. The number of amides is 1. The molecule has 1 aromatic heterocycles. The molecule has 0 spiro atoms. The highest BCUT2D eigenvalue weighted by atomic mass is 32.2. The minimum Gasteiger partial charge on any atom is -0.323 e. The highest BCUT2D eigenvalue weighted by Gasteiger charge is 2.29. The van der Waals surface area contributed by atoms with Crippen LogP contribution < -0.4 is 5.32 Å². The van der Waals surface area contributed by atoms with Crippen LogP contribution in [-0.4, -0.2) is 46.3 Å². The lowest BCUT2D eigenvalue weighted by atomic mass is 10.1. The highest BCUT2D eigenvalue weighted by molar-refractivity contribution is 7.99. The number of benzene rings is 1. The molecule has 2 heterocycles. The molecule has 7 nitrogen and oxygen atoms in total. The zero-order valence-corrected chi connectivity index (χ0v) is 16.1. The molecule has 0 radical (unpaired) electrons. The number of nitrogens with zero attached hydrogens (tertiary/aromatic N) is 3. The van der Waals surface area contributed by atoms with Crippen LogP contribution in [0.5, 0.6) is 0 Å². The maximum absolute atomic E-state index is 13.6. The first-order valence-electron chi connectivity index (χ1n) is 8.20. The summed E-state index contributed by atoms with van der Waals surface area (Å²) < 4.78 is 51.3. The number of sulfone groups is 1. The smallest absolute Gasteiger partial charge is 0.234 e. The van der Waals surface area contributed by atoms with Gasteiger partial charge in [0.1, 0.15) is 17.5 Å². The van der Waals surface area contributed by atoms with Crippen molar-refractivity contribution in [1.29, 1.82) is 0 Å². The Labute approximate surface area is 159 Å². The van der Waals surface area contributed by atoms with Crippen LogP contribution in [0.25, 0.3) is 0 Å². The van der Waals surface area contributed by atoms with Crippen molar-refractivity contribution in [2.45, 2.75) is 18.0 Å². The minimum atomic E-state index is -2.95. The zero-order chi connectivity index (χ0) is 19.6. The Bertz CT molecular complexity index is 963. The van der Waals surface area contributed by atoms with Gasteiger partial charge >= 0.3 is 0 Å². The normalized spacial score (nSPS) is 18.6. The van der Waals surface area contributed by atoms with E-state index in [1.54, 1.807) is 11.6 Å². The molecule has 27 heavy (non-hydrogen) atoms. The summed E-state index contributed by atoms with van der Waals surface area (Å²) in [7, 11) is -1.20. The maximum Gasteiger partial charge on any atom is 0.234 e. The van der Waals surface area contributed by atoms with E-state index < -0.39 is 27.4 Å². The number of rotatable bonds is 6. The summed E-state index contributed by atoms with van der Waals surface area (Å²) in [4.78, 5) is 12.0. The Hall–Kier alpha value is -2.01. The van der Waals surface area contributed by atoms with Gasteiger partial charge in [0.25, 0.3) is 0 Å². The van der Waals surface area contributed by atoms with E-state index in [-0.39, 0.29) is 28.9 Å². The Balaban J connectivity index is 1.55. The maximum atomic E-state index is 13.6. The molecule has 1 aliphatic heterocycles. The molecule has 1 saturated heterocycles. The fraction of sp³-hybridized carbons (Fsp3) is 0.438. The predicted octanol–water partition coefficient (Wildman–Crippen LogP) is 1.80. The van der Waals surface area contributed by atoms with Crippen molar-refractivity contribution >= 4 is 33.2 Å². The van der Waals surface area contributed by atoms with Crippen molar-refractivity contribution in [3.8, 4) is 0 Å². The Kier molecular flexibility index (Phi) is 5.80. The van der Waals surface area contributed by atoms with Crippen LogP contribution in [0.1, 0.15) is 12.2 Å². The Morgan fingerprint density at radius 2 is 2.15 bits per heavy atom. The molecule has 1 fully saturated rings. The van der Waals surface area contributed by atoms with Crippen molar-refractivity contribution in [2.24, 2.45) is 13.0 Å². The summed E-state index contributed by atoms with van der Waals surface area (Å²) in [6.45, 7) is 0. The zero-order valence-electron chi connectivity index (χ0n) is 14.5. The van der Waals surface area contributed by atoms with Gasteiger partial charge < -0.3 is 9.88 Å². The van der Waals surface area contributed by atoms with E-state index in [4.69, 9.17) is 0 Å². The van der Waals surface area contributed by atoms with E-state index in [2.05, 4.69) is 15.5 Å². The van der Waals surface area contributed by atoms with E-state index in [0.717, 1.165) is 23.9 Å². The second-order valence-corrected chi connectivity index (χ2v) is 9.56. The van der Waals surface area contributed by atoms with E-state index >= 15 is 0 Å². The third-order valence-electron chi connectivity index (χ3n) is 4.26. The fourth-order valence-electron chi connectivity index (χ4n) is 2.85. The lowest BCUT2D eigenvalue weighted by molar-refractivity contribution is -0.113. The molecule has 3 rings (SSSR count). The van der Waals surface area contributed by atoms with Gasteiger partial charge in [-0.2, -0.15) is 0 Å². The standard InChI is InChI=1S/C16H18F2N4O3S2/c1-22-14(6-10-4-5-27(24,25)9-10)20-21-16(22)26-8-15(23)19-13-3-2-11(17)7-12(13)18/h2-3,7,10H,4-6,8-9H2,1H3,(H,19,23)/t10-/m0/s1. The summed E-state index contributed by atoms with van der Waals surface area (Å²) >= 11 is 1.12. The second kappa shape index (κ2) is 7.93. The number of nitrogens with one attached hydrogen (secondary N) is 1. The number of hydrogen-bond donors (Lipinski definition) is 1. The average Bonchev–Trinajstić information content (AvgIpc) is 3.11. The Morgan fingerprint density at radius 3 is 2.81 bits per heavy atom. The molecule has 1 N–H and O–H groups in total. The van der Waals surface area contributed by atoms with Gasteiger partial charge in [-0.15, -0.1) is 10.2 Å². The summed E-state index contributed by atoms with van der Waals surface area (Å²) in [6.07, 6.45) is 1.12. The van der Waals surface area contributed by atoms with Gasteiger partial charge in [0.05, 0.1) is 22.9 Å². The van der Waals surface area contributed by atoms with Crippen LogP contribution in [0.15, 0.2) is 23.4 Å². The largest absolute Gasteiger partial charge is 0.323 e. The van der Waals surface area contributed by atoms with Crippen LogP contribution in [0.2, 0.25) is 0 Å². The van der Waals surface area contributed by atoms with E-state index in [0.29, 0.717) is 29.9 Å². The van der Waals surface area contributed by atoms with E-state index in [1.807, 2.05) is 0 Å². The number of anilines is 1. The van der Waals surface area contributed by atoms with Gasteiger partial charge in [-0.25, -0.2) is 17.2 Å². The topological polar surface area (TPSA) is 93.9 Å². The summed E-state index contributed by atoms with van der Waals surface area (Å²) in [5, 5.41) is 11.0. The summed E-state index contributed by atoms with van der Waals surface area (Å²) in [6, 6.07) is 2.91. The van der Waals surface area contributed by atoms with E-state index in [1.165, 1.54) is 0 Å². The van der Waals surface area contributed by atoms with Crippen molar-refractivity contribution < 1.29 is 22.0 Å². The minimum absolute atomic E-state index is 0.0272. The molecule has 11 heteroatoms. The first kappa shape index (κ1) is 19.7. The quantitative estimate of drug-likeness (QED) is 0.722. The van der Waals surface area contributed by atoms with Crippen molar-refractivity contribution in [2.75, 3.05) is 22.6 Å². The molecular weight excluding hydrogens is 398 g/mol. The molecule has 1 atom stereocenters. The number of halogens is 2. The molecule has 146 valence electrons. The van der Waals surface area contributed by atoms with Gasteiger partial charge in [0, 0.05) is 19.5 Å². The molecule has 0 saturated carbocycles. The van der Waals surface area contributed by atoms with Crippen LogP contribution in [-0.2, 0) is 28.1 Å². The molecule has 0 aliphatic carbocycles. The van der Waals surface area contributed by atoms with Gasteiger partial charge in [0.15, 0.2) is 15.0 Å². The van der Waals surface area contributed by atoms with Crippen molar-refractivity contribution in [1.82, 2.24) is 14.8 Å². The molecular formula is C16H18F2N4O3S2. The predicted molar refractivity (Wildman–Crippen MR) is 97.2 cm³/mol. The summed E-state index contributed by atoms with van der Waals surface area (Å²) in [5.74, 6) is -1.00. The molecule has 0 unspecified atom stereocenters. The summed E-state index contributed by atoms with van der Waals surface area (Å²) in [5.41, 5.74) is -0.0944. The van der Waals surface area contributed by atoms with Gasteiger partial charge in [-0.1, -0.05) is 11.8 Å². The first-order valence-corrected chi connectivity index (χ1v) is 11.0. The van der Waals surface area contributed by atoms with E-state index in [9.17, 15) is 22.0 Å². The fourth-order valence-corrected chi connectivity index (χ4v) is 5.44. The second-order valence-electron chi connectivity index (χ2n) is 6.39. The van der Waals surface area contributed by atoms with Crippen LogP contribution >= 0.6 is 11.8 Å². The van der Waals surface area contributed by atoms with Crippen molar-refractivity contribution in [3.05, 3.63) is 35.7 Å². The number of carbonyl (C=O) groups is 1. The van der Waals surface area contributed by atoms with Crippen LogP contribution in [0.4, 0.5) is 14.5 Å². The third-order valence-corrected chi connectivity index (χ3v) is 7.12. The molecule has 2 aromatic rings. The van der Waals surface area contributed by atoms with Crippen LogP contribution in [0, 0.1) is 17.6 Å². The van der Waals surface area contributed by atoms with Gasteiger partial charge in [-0.05, 0) is 24.5 Å². The van der Waals surface area contributed by atoms with Gasteiger partial charge in [-0.3, -0.25) is 4.79 Å². The molecule has 0 bridgehead atoms. The van der Waals surface area contributed by atoms with Gasteiger partial charge in [0.2, 0.25) is 5.91 Å². The molecule has 1 aromatic carbocycles. The monoisotopic (exact) mass is 416 g/mol. The molecule has 1 amide bonds. The number of thioether (sulfide) groups is 1. The average molecular weight is 416 g/mol. The third kappa shape index (κ3) is 5.04. The lowest BCUT2D eigenvalue weighted by Crippen LogP contribution is -2.15. The lowest BCUT2D eigenvalue weighted by Gasteiger charge is -2.08. The number of carbonyl (C=O) groups excluding carboxylic acids is 1. The number of hydrogen-bond acceptors (Lipinski definition) is 6.